The Balaban J connectivity index is 1.52. The van der Waals surface area contributed by atoms with E-state index in [4.69, 9.17) is 14.6 Å². The van der Waals surface area contributed by atoms with Gasteiger partial charge in [0.2, 0.25) is 0 Å². The SMILES string of the molecule is CC(C)CN(c1ccc(OCC(=O)O)cc1NC(=O)Nc1ccc(Oc2ccccc2)cc1)C1CCCCC1. The Kier molecular flexibility index (Phi) is 9.67. The Hall–Kier alpha value is -4.20. The topological polar surface area (TPSA) is 100 Å². The maximum absolute atomic E-state index is 13.1. The Morgan fingerprint density at radius 3 is 2.23 bits per heavy atom. The van der Waals surface area contributed by atoms with E-state index in [1.54, 1.807) is 36.4 Å². The zero-order chi connectivity index (χ0) is 27.6. The van der Waals surface area contributed by atoms with Gasteiger partial charge < -0.3 is 30.1 Å². The van der Waals surface area contributed by atoms with Crippen LogP contribution in [0.1, 0.15) is 46.0 Å². The van der Waals surface area contributed by atoms with Crippen molar-refractivity contribution < 1.29 is 24.2 Å². The Bertz CT molecular complexity index is 1220. The standard InChI is InChI=1S/C31H37N3O5/c1-22(2)20-34(24-9-5-3-6-10-24)29-18-17-27(38-21-30(35)36)19-28(29)33-31(37)32-23-13-15-26(16-14-23)39-25-11-7-4-8-12-25/h4,7-8,11-19,22,24H,3,5-6,9-10,20-21H2,1-2H3,(H,35,36)(H2,32,33,37). The summed E-state index contributed by atoms with van der Waals surface area (Å²) in [5.74, 6) is 1.14. The third-order valence-corrected chi connectivity index (χ3v) is 6.56. The average Bonchev–Trinajstić information content (AvgIpc) is 2.93. The molecule has 8 nitrogen and oxygen atoms in total. The van der Waals surface area contributed by atoms with Gasteiger partial charge in [0, 0.05) is 24.3 Å². The second kappa shape index (κ2) is 13.6. The molecule has 3 aromatic rings. The van der Waals surface area contributed by atoms with Gasteiger partial charge in [0.1, 0.15) is 17.2 Å². The van der Waals surface area contributed by atoms with Crippen LogP contribution in [0.4, 0.5) is 21.9 Å². The van der Waals surface area contributed by atoms with E-state index in [9.17, 15) is 9.59 Å². The van der Waals surface area contributed by atoms with Gasteiger partial charge in [0.15, 0.2) is 6.61 Å². The van der Waals surface area contributed by atoms with E-state index in [2.05, 4.69) is 29.4 Å². The number of nitrogens with one attached hydrogen (secondary N) is 2. The van der Waals surface area contributed by atoms with E-state index in [-0.39, 0.29) is 0 Å². The lowest BCUT2D eigenvalue weighted by atomic mass is 9.93. The van der Waals surface area contributed by atoms with E-state index < -0.39 is 18.6 Å². The van der Waals surface area contributed by atoms with E-state index in [1.165, 1.54) is 19.3 Å². The van der Waals surface area contributed by atoms with Crippen LogP contribution in [-0.4, -0.2) is 36.3 Å². The number of carbonyl (C=O) groups is 2. The van der Waals surface area contributed by atoms with Crippen LogP contribution in [0.25, 0.3) is 0 Å². The molecule has 1 fully saturated rings. The van der Waals surface area contributed by atoms with Crippen molar-refractivity contribution in [3.05, 3.63) is 72.8 Å². The van der Waals surface area contributed by atoms with Crippen molar-refractivity contribution in [2.75, 3.05) is 28.7 Å². The molecule has 0 heterocycles. The molecule has 3 N–H and O–H groups in total. The third-order valence-electron chi connectivity index (χ3n) is 6.56. The van der Waals surface area contributed by atoms with Crippen LogP contribution < -0.4 is 25.0 Å². The molecule has 0 unspecified atom stereocenters. The highest BCUT2D eigenvalue weighted by Gasteiger charge is 2.25. The number of carboxylic acids is 1. The Morgan fingerprint density at radius 2 is 1.56 bits per heavy atom. The molecule has 0 aromatic heterocycles. The molecular formula is C31H37N3O5. The summed E-state index contributed by atoms with van der Waals surface area (Å²) in [6.07, 6.45) is 5.83. The lowest BCUT2D eigenvalue weighted by Crippen LogP contribution is -2.40. The number of benzene rings is 3. The minimum atomic E-state index is -1.06. The monoisotopic (exact) mass is 531 g/mol. The van der Waals surface area contributed by atoms with E-state index in [0.717, 1.165) is 30.8 Å². The van der Waals surface area contributed by atoms with Crippen LogP contribution in [0.3, 0.4) is 0 Å². The molecular weight excluding hydrogens is 494 g/mol. The Morgan fingerprint density at radius 1 is 0.897 bits per heavy atom. The number of anilines is 3. The molecule has 0 bridgehead atoms. The third kappa shape index (κ3) is 8.40. The summed E-state index contributed by atoms with van der Waals surface area (Å²) in [6.45, 7) is 4.76. The number of ether oxygens (including phenoxy) is 2. The van der Waals surface area contributed by atoms with Crippen LogP contribution in [0.2, 0.25) is 0 Å². The fourth-order valence-corrected chi connectivity index (χ4v) is 4.85. The van der Waals surface area contributed by atoms with Crippen molar-refractivity contribution in [3.8, 4) is 17.2 Å². The van der Waals surface area contributed by atoms with Gasteiger partial charge in [-0.3, -0.25) is 0 Å². The number of hydrogen-bond acceptors (Lipinski definition) is 5. The molecule has 2 amide bonds. The van der Waals surface area contributed by atoms with Crippen LogP contribution >= 0.6 is 0 Å². The number of para-hydroxylation sites is 1. The minimum absolute atomic E-state index is 0.381. The summed E-state index contributed by atoms with van der Waals surface area (Å²) < 4.78 is 11.3. The van der Waals surface area contributed by atoms with Gasteiger partial charge in [-0.05, 0) is 67.3 Å². The average molecular weight is 532 g/mol. The molecule has 0 aliphatic heterocycles. The fraction of sp³-hybridized carbons (Fsp3) is 0.355. The minimum Gasteiger partial charge on any atom is -0.482 e. The molecule has 39 heavy (non-hydrogen) atoms. The highest BCUT2D eigenvalue weighted by atomic mass is 16.5. The van der Waals surface area contributed by atoms with Gasteiger partial charge in [0.25, 0.3) is 0 Å². The van der Waals surface area contributed by atoms with Gasteiger partial charge in [-0.1, -0.05) is 51.3 Å². The van der Waals surface area contributed by atoms with Gasteiger partial charge in [-0.25, -0.2) is 9.59 Å². The van der Waals surface area contributed by atoms with E-state index in [0.29, 0.717) is 34.8 Å². The number of amides is 2. The quantitative estimate of drug-likeness (QED) is 0.239. The second-order valence-corrected chi connectivity index (χ2v) is 10.2. The molecule has 206 valence electrons. The number of aliphatic carboxylic acids is 1. The van der Waals surface area contributed by atoms with Crippen LogP contribution in [0.5, 0.6) is 17.2 Å². The molecule has 1 aliphatic carbocycles. The first-order valence-electron chi connectivity index (χ1n) is 13.5. The number of rotatable bonds is 11. The van der Waals surface area contributed by atoms with Crippen LogP contribution in [0.15, 0.2) is 72.8 Å². The largest absolute Gasteiger partial charge is 0.482 e. The molecule has 4 rings (SSSR count). The number of nitrogens with zero attached hydrogens (tertiary/aromatic N) is 1. The maximum Gasteiger partial charge on any atom is 0.341 e. The predicted octanol–water partition coefficient (Wildman–Crippen LogP) is 7.38. The van der Waals surface area contributed by atoms with E-state index >= 15 is 0 Å². The first kappa shape index (κ1) is 27.8. The lowest BCUT2D eigenvalue weighted by molar-refractivity contribution is -0.139. The predicted molar refractivity (Wildman–Crippen MR) is 154 cm³/mol. The normalized spacial score (nSPS) is 13.5. The number of carbonyl (C=O) groups excluding carboxylic acids is 1. The van der Waals surface area contributed by atoms with Crippen molar-refractivity contribution in [1.29, 1.82) is 0 Å². The fourth-order valence-electron chi connectivity index (χ4n) is 4.85. The number of carboxylic acid groups (broad SMARTS) is 1. The van der Waals surface area contributed by atoms with Gasteiger partial charge in [0.05, 0.1) is 11.4 Å². The second-order valence-electron chi connectivity index (χ2n) is 10.2. The maximum atomic E-state index is 13.1. The summed E-state index contributed by atoms with van der Waals surface area (Å²) in [6, 6.07) is 22.0. The van der Waals surface area contributed by atoms with Crippen molar-refractivity contribution in [1.82, 2.24) is 0 Å². The molecule has 0 atom stereocenters. The van der Waals surface area contributed by atoms with Gasteiger partial charge >= 0.3 is 12.0 Å². The molecule has 1 aliphatic rings. The van der Waals surface area contributed by atoms with Crippen LogP contribution in [-0.2, 0) is 4.79 Å². The lowest BCUT2D eigenvalue weighted by Gasteiger charge is -2.38. The summed E-state index contributed by atoms with van der Waals surface area (Å²) in [7, 11) is 0. The molecule has 3 aromatic carbocycles. The molecule has 1 saturated carbocycles. The molecule has 0 radical (unpaired) electrons. The number of hydrogen-bond donors (Lipinski definition) is 3. The highest BCUT2D eigenvalue weighted by molar-refractivity contribution is 6.02. The smallest absolute Gasteiger partial charge is 0.341 e. The van der Waals surface area contributed by atoms with Crippen molar-refractivity contribution in [2.24, 2.45) is 5.92 Å². The van der Waals surface area contributed by atoms with Crippen molar-refractivity contribution in [2.45, 2.75) is 52.0 Å². The summed E-state index contributed by atoms with van der Waals surface area (Å²) in [4.78, 5) is 26.5. The van der Waals surface area contributed by atoms with Gasteiger partial charge in [-0.2, -0.15) is 0 Å². The zero-order valence-electron chi connectivity index (χ0n) is 22.6. The summed E-state index contributed by atoms with van der Waals surface area (Å²) in [5.41, 5.74) is 2.09. The van der Waals surface area contributed by atoms with Gasteiger partial charge in [-0.15, -0.1) is 0 Å². The van der Waals surface area contributed by atoms with Crippen molar-refractivity contribution in [3.63, 3.8) is 0 Å². The molecule has 8 heteroatoms. The zero-order valence-corrected chi connectivity index (χ0v) is 22.6. The first-order chi connectivity index (χ1) is 18.9. The summed E-state index contributed by atoms with van der Waals surface area (Å²) in [5, 5.41) is 14.9. The molecule has 0 saturated heterocycles. The highest BCUT2D eigenvalue weighted by Crippen LogP contribution is 2.36. The molecule has 0 spiro atoms. The van der Waals surface area contributed by atoms with Crippen LogP contribution in [0, 0.1) is 5.92 Å². The number of urea groups is 1. The Labute approximate surface area is 229 Å². The first-order valence-corrected chi connectivity index (χ1v) is 13.5. The van der Waals surface area contributed by atoms with E-state index in [1.807, 2.05) is 36.4 Å². The van der Waals surface area contributed by atoms with Crippen molar-refractivity contribution >= 4 is 29.1 Å². The summed E-state index contributed by atoms with van der Waals surface area (Å²) >= 11 is 0.